The second kappa shape index (κ2) is 13.1. The van der Waals surface area contributed by atoms with Gasteiger partial charge < -0.3 is 19.8 Å². The highest BCUT2D eigenvalue weighted by atomic mass is 35.5. The molecule has 3 aromatic rings. The Morgan fingerprint density at radius 2 is 1.74 bits per heavy atom. The Hall–Kier alpha value is -3.13. The van der Waals surface area contributed by atoms with Crippen LogP contribution in [0.2, 0.25) is 5.02 Å². The van der Waals surface area contributed by atoms with E-state index in [1.54, 1.807) is 12.1 Å². The molecule has 0 aliphatic carbocycles. The fourth-order valence-electron chi connectivity index (χ4n) is 4.15. The predicted molar refractivity (Wildman–Crippen MR) is 139 cm³/mol. The number of carboxylic acid groups (broad SMARTS) is 1. The van der Waals surface area contributed by atoms with Crippen LogP contribution in [0.15, 0.2) is 73.1 Å². The van der Waals surface area contributed by atoms with Crippen LogP contribution >= 0.6 is 11.6 Å². The average Bonchev–Trinajstić information content (AvgIpc) is 2.82. The molecule has 2 aromatic carbocycles. The highest BCUT2D eigenvalue weighted by Crippen LogP contribution is 2.27. The molecule has 0 amide bonds. The lowest BCUT2D eigenvalue weighted by Gasteiger charge is -2.35. The molecule has 1 fully saturated rings. The molecule has 1 aliphatic rings. The van der Waals surface area contributed by atoms with Gasteiger partial charge in [0.1, 0.15) is 11.3 Å². The highest BCUT2D eigenvalue weighted by molar-refractivity contribution is 6.30. The normalized spacial score (nSPS) is 17.8. The monoisotopic (exact) mass is 497 g/mol. The number of phenols is 1. The molecule has 35 heavy (non-hydrogen) atoms. The van der Waals surface area contributed by atoms with Crippen molar-refractivity contribution in [3.63, 3.8) is 0 Å². The minimum Gasteiger partial charge on any atom is -0.507 e. The van der Waals surface area contributed by atoms with Crippen LogP contribution in [0.1, 0.15) is 30.6 Å². The molecular weight excluding hydrogens is 466 g/mol. The Kier molecular flexibility index (Phi) is 9.90. The van der Waals surface area contributed by atoms with Crippen molar-refractivity contribution >= 4 is 28.9 Å². The van der Waals surface area contributed by atoms with Crippen LogP contribution in [0, 0.1) is 0 Å². The molecule has 0 radical (unpaired) electrons. The molecule has 1 aromatic heterocycles. The number of hydrogen-bond acceptors (Lipinski definition) is 6. The van der Waals surface area contributed by atoms with Crippen LogP contribution in [-0.4, -0.2) is 64.5 Å². The summed E-state index contributed by atoms with van der Waals surface area (Å²) in [6, 6.07) is 17.9. The van der Waals surface area contributed by atoms with Crippen LogP contribution in [0.3, 0.4) is 0 Å². The van der Waals surface area contributed by atoms with E-state index in [2.05, 4.69) is 34.7 Å². The molecule has 2 N–H and O–H groups in total. The number of morpholine rings is 1. The lowest BCUT2D eigenvalue weighted by molar-refractivity contribution is -0.0679. The second-order valence-corrected chi connectivity index (χ2v) is 8.97. The van der Waals surface area contributed by atoms with Crippen molar-refractivity contribution < 1.29 is 19.7 Å². The van der Waals surface area contributed by atoms with Crippen molar-refractivity contribution in [2.75, 3.05) is 31.1 Å². The molecule has 1 aliphatic heterocycles. The lowest BCUT2D eigenvalue weighted by atomic mass is 10.2. The van der Waals surface area contributed by atoms with E-state index in [4.69, 9.17) is 26.6 Å². The van der Waals surface area contributed by atoms with Crippen molar-refractivity contribution in [1.29, 1.82) is 0 Å². The summed E-state index contributed by atoms with van der Waals surface area (Å²) in [5, 5.41) is 18.1. The minimum atomic E-state index is -1.11. The standard InChI is InChI=1S/C20H26ClN3O.C7H6O3/c1-16-14-23(15-17(2)25-16)11-4-12-24(19-7-9-22-10-8-19)20-6-3-5-18(21)13-20;8-6-4-2-1-3-5(6)7(9)10/h3,5-10,13,16-17H,4,11-12,14-15H2,1-2H3;1-4,8H,(H,9,10). The van der Waals surface area contributed by atoms with E-state index >= 15 is 0 Å². The number of aromatic carboxylic acids is 1. The summed E-state index contributed by atoms with van der Waals surface area (Å²) in [6.45, 7) is 8.33. The summed E-state index contributed by atoms with van der Waals surface area (Å²) >= 11 is 6.20. The number of ether oxygens (including phenoxy) is 1. The van der Waals surface area contributed by atoms with Gasteiger partial charge in [0, 0.05) is 55.0 Å². The van der Waals surface area contributed by atoms with Gasteiger partial charge in [0.05, 0.1) is 12.2 Å². The Balaban J connectivity index is 0.000000287. The first-order valence-electron chi connectivity index (χ1n) is 11.7. The maximum atomic E-state index is 10.3. The summed E-state index contributed by atoms with van der Waals surface area (Å²) in [4.78, 5) is 19.2. The van der Waals surface area contributed by atoms with Gasteiger partial charge in [-0.1, -0.05) is 29.8 Å². The number of aromatic hydroxyl groups is 1. The van der Waals surface area contributed by atoms with E-state index in [1.807, 2.05) is 42.7 Å². The van der Waals surface area contributed by atoms with Crippen LogP contribution in [0.4, 0.5) is 11.4 Å². The summed E-state index contributed by atoms with van der Waals surface area (Å²) in [6.07, 6.45) is 5.37. The fraction of sp³-hybridized carbons (Fsp3) is 0.333. The van der Waals surface area contributed by atoms with Crippen molar-refractivity contribution in [1.82, 2.24) is 9.88 Å². The van der Waals surface area contributed by atoms with Gasteiger partial charge in [-0.25, -0.2) is 4.79 Å². The topological polar surface area (TPSA) is 86.1 Å². The maximum Gasteiger partial charge on any atom is 0.339 e. The van der Waals surface area contributed by atoms with Gasteiger partial charge in [0.25, 0.3) is 0 Å². The largest absolute Gasteiger partial charge is 0.507 e. The molecule has 7 nitrogen and oxygen atoms in total. The van der Waals surface area contributed by atoms with E-state index in [-0.39, 0.29) is 11.3 Å². The van der Waals surface area contributed by atoms with Crippen LogP contribution < -0.4 is 4.90 Å². The molecule has 0 spiro atoms. The number of aromatic nitrogens is 1. The minimum absolute atomic E-state index is 0.0671. The first-order chi connectivity index (χ1) is 16.8. The summed E-state index contributed by atoms with van der Waals surface area (Å²) in [5.41, 5.74) is 2.19. The molecule has 2 heterocycles. The van der Waals surface area contributed by atoms with Gasteiger partial charge in [-0.2, -0.15) is 0 Å². The Morgan fingerprint density at radius 1 is 1.06 bits per heavy atom. The molecule has 1 saturated heterocycles. The van der Waals surface area contributed by atoms with E-state index in [0.717, 1.165) is 49.0 Å². The summed E-state index contributed by atoms with van der Waals surface area (Å²) in [7, 11) is 0. The van der Waals surface area contributed by atoms with Crippen molar-refractivity contribution in [2.24, 2.45) is 0 Å². The number of hydrogen-bond donors (Lipinski definition) is 2. The SMILES string of the molecule is CC1CN(CCCN(c2ccncc2)c2cccc(Cl)c2)CC(C)O1.O=C(O)c1ccccc1O. The maximum absolute atomic E-state index is 10.3. The quantitative estimate of drug-likeness (QED) is 0.448. The van der Waals surface area contributed by atoms with Crippen molar-refractivity contribution in [2.45, 2.75) is 32.5 Å². The third-order valence-corrected chi connectivity index (χ3v) is 5.82. The zero-order valence-corrected chi connectivity index (χ0v) is 20.8. The predicted octanol–water partition coefficient (Wildman–Crippen LogP) is 5.46. The van der Waals surface area contributed by atoms with Gasteiger partial charge in [-0.15, -0.1) is 0 Å². The van der Waals surface area contributed by atoms with Crippen LogP contribution in [-0.2, 0) is 4.74 Å². The average molecular weight is 498 g/mol. The number of pyridine rings is 1. The summed E-state index contributed by atoms with van der Waals surface area (Å²) in [5.74, 6) is -1.31. The van der Waals surface area contributed by atoms with E-state index in [1.165, 1.54) is 12.1 Å². The molecule has 8 heteroatoms. The number of anilines is 2. The first-order valence-corrected chi connectivity index (χ1v) is 12.0. The molecule has 0 bridgehead atoms. The van der Waals surface area contributed by atoms with Crippen molar-refractivity contribution in [3.8, 4) is 5.75 Å². The number of benzene rings is 2. The van der Waals surface area contributed by atoms with E-state index in [9.17, 15) is 4.79 Å². The molecule has 186 valence electrons. The van der Waals surface area contributed by atoms with E-state index < -0.39 is 5.97 Å². The fourth-order valence-corrected chi connectivity index (χ4v) is 4.33. The molecular formula is C27H32ClN3O4. The molecule has 0 saturated carbocycles. The molecule has 2 unspecified atom stereocenters. The van der Waals surface area contributed by atoms with Crippen LogP contribution in [0.25, 0.3) is 0 Å². The number of carbonyl (C=O) groups is 1. The Morgan fingerprint density at radius 3 is 2.34 bits per heavy atom. The number of para-hydroxylation sites is 1. The zero-order valence-electron chi connectivity index (χ0n) is 20.0. The Labute approximate surface area is 211 Å². The molecule has 2 atom stereocenters. The lowest BCUT2D eigenvalue weighted by Crippen LogP contribution is -2.46. The second-order valence-electron chi connectivity index (χ2n) is 8.53. The number of halogens is 1. The first kappa shape index (κ1) is 26.5. The van der Waals surface area contributed by atoms with Crippen LogP contribution in [0.5, 0.6) is 5.75 Å². The Bertz CT molecular complexity index is 1070. The number of nitrogens with zero attached hydrogens (tertiary/aromatic N) is 3. The number of carboxylic acids is 1. The zero-order chi connectivity index (χ0) is 25.2. The summed E-state index contributed by atoms with van der Waals surface area (Å²) < 4.78 is 5.82. The molecule has 4 rings (SSSR count). The van der Waals surface area contributed by atoms with Crippen molar-refractivity contribution in [3.05, 3.63) is 83.6 Å². The third-order valence-electron chi connectivity index (χ3n) is 5.58. The third kappa shape index (κ3) is 8.24. The number of rotatable bonds is 7. The van der Waals surface area contributed by atoms with Gasteiger partial charge >= 0.3 is 5.97 Å². The van der Waals surface area contributed by atoms with Gasteiger partial charge in [0.2, 0.25) is 0 Å². The van der Waals surface area contributed by atoms with Gasteiger partial charge in [-0.05, 0) is 62.7 Å². The van der Waals surface area contributed by atoms with Gasteiger partial charge in [-0.3, -0.25) is 9.88 Å². The highest BCUT2D eigenvalue weighted by Gasteiger charge is 2.22. The van der Waals surface area contributed by atoms with E-state index in [0.29, 0.717) is 12.2 Å². The van der Waals surface area contributed by atoms with Gasteiger partial charge in [0.15, 0.2) is 0 Å². The smallest absolute Gasteiger partial charge is 0.339 e.